The van der Waals surface area contributed by atoms with Crippen molar-refractivity contribution in [2.45, 2.75) is 103 Å². The molecular weight excluding hydrogens is 698 g/mol. The molecule has 0 aliphatic rings. The molecule has 0 radical (unpaired) electrons. The zero-order valence-corrected chi connectivity index (χ0v) is 31.6. The maximum absolute atomic E-state index is 14.7. The van der Waals surface area contributed by atoms with Crippen LogP contribution < -0.4 is 22.1 Å². The molecule has 1 heterocycles. The van der Waals surface area contributed by atoms with Gasteiger partial charge in [0.05, 0.1) is 26.0 Å². The summed E-state index contributed by atoms with van der Waals surface area (Å²) in [6.45, 7) is 8.40. The van der Waals surface area contributed by atoms with Crippen molar-refractivity contribution >= 4 is 35.5 Å². The standard InChI is InChI=1S/C38H53N7O9/c1-7-22(2)33(36(51)53-6)45(32(48)19-31(47)28(40)16-23-8-12-25(39)13-9-23)35(50)30(18-26-20-41-21-42-26)43-34(49)29(44-37(52)54-38(3,4)5)17-24-10-14-27(46)15-11-24/h8-15,20-22,28-31,33,46-47H,7,16-19,39-40H2,1-6H3,(H,41,42)(H,43,49)(H,44,52)/t22?,28-,29-,30-,31?,33-/m0/s1. The minimum absolute atomic E-state index is 0.00683. The molecule has 2 aromatic carbocycles. The van der Waals surface area contributed by atoms with Crippen LogP contribution in [0.5, 0.6) is 5.75 Å². The number of methoxy groups -OCH3 is 1. The molecule has 16 nitrogen and oxygen atoms in total. The van der Waals surface area contributed by atoms with Crippen molar-refractivity contribution in [3.05, 3.63) is 77.9 Å². The summed E-state index contributed by atoms with van der Waals surface area (Å²) in [4.78, 5) is 76.9. The molecule has 54 heavy (non-hydrogen) atoms. The van der Waals surface area contributed by atoms with Crippen LogP contribution in [0.2, 0.25) is 0 Å². The third-order valence-electron chi connectivity index (χ3n) is 8.72. The van der Waals surface area contributed by atoms with E-state index in [4.69, 9.17) is 20.9 Å². The number of nitrogens with one attached hydrogen (secondary N) is 3. The first-order chi connectivity index (χ1) is 25.4. The summed E-state index contributed by atoms with van der Waals surface area (Å²) in [6, 6.07) is 7.64. The maximum atomic E-state index is 14.7. The molecule has 9 N–H and O–H groups in total. The van der Waals surface area contributed by atoms with Gasteiger partial charge in [0.1, 0.15) is 29.5 Å². The molecule has 0 fully saturated rings. The quantitative estimate of drug-likeness (QED) is 0.0774. The number of hydrogen-bond acceptors (Lipinski definition) is 12. The van der Waals surface area contributed by atoms with E-state index in [2.05, 4.69) is 20.6 Å². The molecule has 0 saturated heterocycles. The Bertz CT molecular complexity index is 1690. The minimum atomic E-state index is -1.50. The summed E-state index contributed by atoms with van der Waals surface area (Å²) in [6.07, 6.45) is 0.0690. The van der Waals surface area contributed by atoms with Gasteiger partial charge in [0, 0.05) is 36.5 Å². The number of amides is 4. The number of nitrogens with two attached hydrogens (primary N) is 2. The van der Waals surface area contributed by atoms with E-state index in [0.717, 1.165) is 17.6 Å². The second-order valence-corrected chi connectivity index (χ2v) is 14.2. The number of carbonyl (C=O) groups is 5. The average molecular weight is 752 g/mol. The molecule has 16 heteroatoms. The molecule has 0 aliphatic heterocycles. The molecule has 294 valence electrons. The van der Waals surface area contributed by atoms with Gasteiger partial charge in [-0.3, -0.25) is 19.3 Å². The summed E-state index contributed by atoms with van der Waals surface area (Å²) in [7, 11) is 1.13. The lowest BCUT2D eigenvalue weighted by atomic mass is 9.94. The molecule has 0 spiro atoms. The Labute approximate surface area is 315 Å². The number of hydrogen-bond donors (Lipinski definition) is 7. The van der Waals surface area contributed by atoms with E-state index in [-0.39, 0.29) is 25.0 Å². The molecule has 2 unspecified atom stereocenters. The highest BCUT2D eigenvalue weighted by molar-refractivity contribution is 6.03. The number of rotatable bonds is 17. The van der Waals surface area contributed by atoms with Crippen molar-refractivity contribution in [1.29, 1.82) is 0 Å². The predicted octanol–water partition coefficient (Wildman–Crippen LogP) is 2.12. The number of H-pyrrole nitrogens is 1. The van der Waals surface area contributed by atoms with Crippen LogP contribution in [-0.4, -0.2) is 97.8 Å². The van der Waals surface area contributed by atoms with Crippen molar-refractivity contribution in [3.8, 4) is 5.75 Å². The number of carbonyl (C=O) groups excluding carboxylic acids is 5. The number of aromatic hydroxyl groups is 1. The summed E-state index contributed by atoms with van der Waals surface area (Å²) >= 11 is 0. The average Bonchev–Trinajstić information content (AvgIpc) is 3.63. The Hall–Kier alpha value is -5.48. The fourth-order valence-electron chi connectivity index (χ4n) is 5.63. The number of aliphatic hydroxyl groups excluding tert-OH is 1. The Morgan fingerprint density at radius 1 is 0.944 bits per heavy atom. The number of nitrogen functional groups attached to an aromatic ring is 1. The van der Waals surface area contributed by atoms with Gasteiger partial charge >= 0.3 is 12.1 Å². The fourth-order valence-corrected chi connectivity index (χ4v) is 5.63. The van der Waals surface area contributed by atoms with Gasteiger partial charge in [0.2, 0.25) is 11.8 Å². The smallest absolute Gasteiger partial charge is 0.408 e. The number of aliphatic hydroxyl groups is 1. The Kier molecular flexibility index (Phi) is 15.5. The normalized spacial score (nSPS) is 14.7. The number of phenols is 1. The van der Waals surface area contributed by atoms with Crippen LogP contribution in [0.3, 0.4) is 0 Å². The van der Waals surface area contributed by atoms with Crippen molar-refractivity contribution in [1.82, 2.24) is 25.5 Å². The van der Waals surface area contributed by atoms with Crippen LogP contribution in [0.15, 0.2) is 61.1 Å². The lowest BCUT2D eigenvalue weighted by Gasteiger charge is -2.35. The molecule has 0 bridgehead atoms. The number of esters is 1. The molecular formula is C38H53N7O9. The SMILES string of the molecule is CCC(C)[C@@H](C(=O)OC)N(C(=O)CC(O)[C@@H](N)Cc1ccc(N)cc1)C(=O)[C@H](Cc1cnc[nH]1)NC(=O)[C@H](Cc1ccc(O)cc1)NC(=O)OC(C)(C)C. The molecule has 3 aromatic rings. The van der Waals surface area contributed by atoms with Crippen LogP contribution in [-0.2, 0) is 47.9 Å². The van der Waals surface area contributed by atoms with Crippen LogP contribution in [0, 0.1) is 5.92 Å². The Morgan fingerprint density at radius 2 is 1.56 bits per heavy atom. The molecule has 0 aliphatic carbocycles. The summed E-state index contributed by atoms with van der Waals surface area (Å²) < 4.78 is 10.5. The highest BCUT2D eigenvalue weighted by atomic mass is 16.6. The van der Waals surface area contributed by atoms with Gasteiger partial charge in [-0.05, 0) is 68.5 Å². The number of aromatic amines is 1. The van der Waals surface area contributed by atoms with E-state index in [1.807, 2.05) is 0 Å². The molecule has 4 amide bonds. The van der Waals surface area contributed by atoms with Gasteiger partial charge in [-0.15, -0.1) is 0 Å². The zero-order valence-electron chi connectivity index (χ0n) is 31.6. The summed E-state index contributed by atoms with van der Waals surface area (Å²) in [5.74, 6) is -4.21. The lowest BCUT2D eigenvalue weighted by molar-refractivity contribution is -0.164. The number of ether oxygens (including phenoxy) is 2. The van der Waals surface area contributed by atoms with E-state index in [9.17, 15) is 34.2 Å². The van der Waals surface area contributed by atoms with Gasteiger partial charge in [-0.1, -0.05) is 44.5 Å². The van der Waals surface area contributed by atoms with Gasteiger partial charge in [0.25, 0.3) is 5.91 Å². The van der Waals surface area contributed by atoms with Gasteiger partial charge in [0.15, 0.2) is 0 Å². The fraction of sp³-hybridized carbons (Fsp3) is 0.474. The van der Waals surface area contributed by atoms with Crippen LogP contribution in [0.1, 0.15) is 64.3 Å². The third-order valence-corrected chi connectivity index (χ3v) is 8.72. The van der Waals surface area contributed by atoms with Gasteiger partial charge < -0.3 is 46.8 Å². The topological polar surface area (TPSA) is 252 Å². The van der Waals surface area contributed by atoms with E-state index in [1.54, 1.807) is 71.0 Å². The number of anilines is 1. The number of nitrogens with zero attached hydrogens (tertiary/aromatic N) is 2. The highest BCUT2D eigenvalue weighted by Crippen LogP contribution is 2.22. The molecule has 3 rings (SSSR count). The van der Waals surface area contributed by atoms with Gasteiger partial charge in [-0.2, -0.15) is 0 Å². The zero-order chi connectivity index (χ0) is 40.2. The van der Waals surface area contributed by atoms with Crippen LogP contribution in [0.25, 0.3) is 0 Å². The number of aromatic nitrogens is 2. The first-order valence-corrected chi connectivity index (χ1v) is 17.7. The van der Waals surface area contributed by atoms with E-state index < -0.39 is 78.0 Å². The molecule has 0 saturated carbocycles. The molecule has 6 atom stereocenters. The Balaban J connectivity index is 2.01. The monoisotopic (exact) mass is 751 g/mol. The summed E-state index contributed by atoms with van der Waals surface area (Å²) in [5.41, 5.74) is 13.4. The van der Waals surface area contributed by atoms with Crippen LogP contribution in [0.4, 0.5) is 10.5 Å². The number of phenolic OH excluding ortho intramolecular Hbond substituents is 1. The molecule has 1 aromatic heterocycles. The summed E-state index contributed by atoms with van der Waals surface area (Å²) in [5, 5.41) is 26.1. The van der Waals surface area contributed by atoms with Crippen molar-refractivity contribution in [2.24, 2.45) is 11.7 Å². The first kappa shape index (κ1) is 42.9. The Morgan fingerprint density at radius 3 is 2.11 bits per heavy atom. The van der Waals surface area contributed by atoms with Crippen molar-refractivity contribution in [3.63, 3.8) is 0 Å². The van der Waals surface area contributed by atoms with E-state index >= 15 is 0 Å². The van der Waals surface area contributed by atoms with Gasteiger partial charge in [-0.25, -0.2) is 14.6 Å². The predicted molar refractivity (Wildman–Crippen MR) is 199 cm³/mol. The number of imide groups is 1. The second-order valence-electron chi connectivity index (χ2n) is 14.2. The minimum Gasteiger partial charge on any atom is -0.508 e. The number of alkyl carbamates (subject to hydrolysis) is 1. The highest BCUT2D eigenvalue weighted by Gasteiger charge is 2.43. The van der Waals surface area contributed by atoms with E-state index in [0.29, 0.717) is 23.4 Å². The number of imidazole rings is 1. The second kappa shape index (κ2) is 19.6. The van der Waals surface area contributed by atoms with Crippen molar-refractivity contribution in [2.75, 3.05) is 12.8 Å². The van der Waals surface area contributed by atoms with Crippen molar-refractivity contribution < 1.29 is 43.7 Å². The largest absolute Gasteiger partial charge is 0.508 e. The first-order valence-electron chi connectivity index (χ1n) is 17.7. The lowest BCUT2D eigenvalue weighted by Crippen LogP contribution is -2.61. The van der Waals surface area contributed by atoms with Crippen LogP contribution >= 0.6 is 0 Å². The third kappa shape index (κ3) is 12.9. The van der Waals surface area contributed by atoms with E-state index in [1.165, 1.54) is 24.7 Å². The number of benzene rings is 2. The maximum Gasteiger partial charge on any atom is 0.408 e.